The predicted octanol–water partition coefficient (Wildman–Crippen LogP) is 7.78. The Hall–Kier alpha value is -3.53. The summed E-state index contributed by atoms with van der Waals surface area (Å²) in [5, 5.41) is 0. The van der Waals surface area contributed by atoms with Gasteiger partial charge >= 0.3 is 0 Å². The maximum atomic E-state index is 6.02. The van der Waals surface area contributed by atoms with E-state index in [0.717, 1.165) is 58.2 Å². The molecule has 0 unspecified atom stereocenters. The molecule has 1 aliphatic carbocycles. The second-order valence-electron chi connectivity index (χ2n) is 10.7. The largest absolute Gasteiger partial charge is 0.493 e. The van der Waals surface area contributed by atoms with Gasteiger partial charge in [0, 0.05) is 11.1 Å². The molecule has 1 aliphatic rings. The van der Waals surface area contributed by atoms with Crippen LogP contribution < -0.4 is 9.47 Å². The van der Waals surface area contributed by atoms with Crippen LogP contribution in [0.1, 0.15) is 51.7 Å². The lowest BCUT2D eigenvalue weighted by molar-refractivity contribution is 0.320. The molecular formula is C31H34N2O2. The lowest BCUT2D eigenvalue weighted by Gasteiger charge is -2.43. The molecule has 180 valence electrons. The summed E-state index contributed by atoms with van der Waals surface area (Å²) >= 11 is 0. The number of rotatable bonds is 5. The number of fused-ring (bicyclic) bond motifs is 1. The number of imidazole rings is 1. The normalized spacial score (nSPS) is 15.9. The molecule has 0 saturated carbocycles. The van der Waals surface area contributed by atoms with Gasteiger partial charge in [-0.1, -0.05) is 88.4 Å². The number of hydrogen-bond donors (Lipinski definition) is 1. The van der Waals surface area contributed by atoms with Crippen molar-refractivity contribution in [1.29, 1.82) is 0 Å². The van der Waals surface area contributed by atoms with Crippen LogP contribution in [-0.4, -0.2) is 24.2 Å². The Morgan fingerprint density at radius 2 is 1.37 bits per heavy atom. The fraction of sp³-hybridized carbons (Fsp3) is 0.323. The number of aromatic nitrogens is 2. The van der Waals surface area contributed by atoms with Crippen LogP contribution in [0.4, 0.5) is 0 Å². The van der Waals surface area contributed by atoms with E-state index in [9.17, 15) is 0 Å². The molecule has 4 nitrogen and oxygen atoms in total. The SMILES string of the molecule is COc1cc2c(c(-c3nc(-c4ccccc4)c(-c4ccccc4)[nH]3)c1OC)C(C)(C)CCC2(C)C. The van der Waals surface area contributed by atoms with Crippen LogP contribution in [0.3, 0.4) is 0 Å². The van der Waals surface area contributed by atoms with E-state index in [1.807, 2.05) is 12.1 Å². The van der Waals surface area contributed by atoms with Crippen molar-refractivity contribution in [3.63, 3.8) is 0 Å². The molecule has 5 rings (SSSR count). The van der Waals surface area contributed by atoms with Gasteiger partial charge in [0.25, 0.3) is 0 Å². The van der Waals surface area contributed by atoms with Crippen molar-refractivity contribution in [3.05, 3.63) is 77.9 Å². The van der Waals surface area contributed by atoms with Crippen molar-refractivity contribution in [2.75, 3.05) is 14.2 Å². The minimum atomic E-state index is -0.0354. The van der Waals surface area contributed by atoms with Crippen molar-refractivity contribution < 1.29 is 9.47 Å². The monoisotopic (exact) mass is 466 g/mol. The lowest BCUT2D eigenvalue weighted by Crippen LogP contribution is -2.34. The minimum absolute atomic E-state index is 0.0241. The summed E-state index contributed by atoms with van der Waals surface area (Å²) in [5.74, 6) is 2.27. The molecule has 0 bridgehead atoms. The van der Waals surface area contributed by atoms with Crippen LogP contribution in [0.5, 0.6) is 11.5 Å². The van der Waals surface area contributed by atoms with Gasteiger partial charge in [-0.15, -0.1) is 0 Å². The van der Waals surface area contributed by atoms with Gasteiger partial charge in [0.15, 0.2) is 11.5 Å². The molecule has 0 fully saturated rings. The van der Waals surface area contributed by atoms with E-state index in [0.29, 0.717) is 0 Å². The second kappa shape index (κ2) is 8.60. The Labute approximate surface area is 208 Å². The predicted molar refractivity (Wildman–Crippen MR) is 143 cm³/mol. The van der Waals surface area contributed by atoms with Crippen molar-refractivity contribution >= 4 is 0 Å². The molecule has 0 aliphatic heterocycles. The van der Waals surface area contributed by atoms with Crippen LogP contribution in [-0.2, 0) is 10.8 Å². The van der Waals surface area contributed by atoms with Crippen LogP contribution in [0, 0.1) is 0 Å². The molecule has 3 aromatic carbocycles. The number of methoxy groups -OCH3 is 2. The van der Waals surface area contributed by atoms with Crippen molar-refractivity contribution in [2.24, 2.45) is 0 Å². The highest BCUT2D eigenvalue weighted by atomic mass is 16.5. The lowest BCUT2D eigenvalue weighted by atomic mass is 9.61. The average molecular weight is 467 g/mol. The Bertz CT molecular complexity index is 1300. The number of nitrogens with one attached hydrogen (secondary N) is 1. The van der Waals surface area contributed by atoms with Gasteiger partial charge in [-0.2, -0.15) is 0 Å². The third kappa shape index (κ3) is 3.91. The van der Waals surface area contributed by atoms with E-state index in [1.54, 1.807) is 14.2 Å². The van der Waals surface area contributed by atoms with Gasteiger partial charge in [-0.25, -0.2) is 4.98 Å². The Morgan fingerprint density at radius 3 is 1.97 bits per heavy atom. The highest BCUT2D eigenvalue weighted by Crippen LogP contribution is 2.54. The van der Waals surface area contributed by atoms with E-state index < -0.39 is 0 Å². The first-order chi connectivity index (χ1) is 16.8. The number of ether oxygens (including phenoxy) is 2. The van der Waals surface area contributed by atoms with Gasteiger partial charge in [0.2, 0.25) is 0 Å². The molecule has 0 atom stereocenters. The minimum Gasteiger partial charge on any atom is -0.493 e. The van der Waals surface area contributed by atoms with E-state index in [4.69, 9.17) is 14.5 Å². The smallest absolute Gasteiger partial charge is 0.171 e. The number of H-pyrrole nitrogens is 1. The van der Waals surface area contributed by atoms with Gasteiger partial charge < -0.3 is 14.5 Å². The summed E-state index contributed by atoms with van der Waals surface area (Å²) in [4.78, 5) is 8.95. The molecule has 0 radical (unpaired) electrons. The van der Waals surface area contributed by atoms with Crippen molar-refractivity contribution in [1.82, 2.24) is 9.97 Å². The topological polar surface area (TPSA) is 47.1 Å². The standard InChI is InChI=1S/C31H34N2O2/c1-30(2)17-18-31(3,4)25-22(30)19-23(34-5)28(35-6)24(25)29-32-26(20-13-9-7-10-14-20)27(33-29)21-15-11-8-12-16-21/h7-16,19H,17-18H2,1-6H3,(H,32,33). The zero-order valence-electron chi connectivity index (χ0n) is 21.5. The average Bonchev–Trinajstić information content (AvgIpc) is 3.32. The van der Waals surface area contributed by atoms with Crippen LogP contribution in [0.25, 0.3) is 33.9 Å². The summed E-state index contributed by atoms with van der Waals surface area (Å²) in [5.41, 5.74) is 7.68. The number of aromatic amines is 1. The molecule has 0 spiro atoms. The summed E-state index contributed by atoms with van der Waals surface area (Å²) in [6.07, 6.45) is 2.21. The highest BCUT2D eigenvalue weighted by molar-refractivity contribution is 5.85. The Morgan fingerprint density at radius 1 is 0.771 bits per heavy atom. The van der Waals surface area contributed by atoms with E-state index >= 15 is 0 Å². The summed E-state index contributed by atoms with van der Waals surface area (Å²) in [7, 11) is 3.43. The van der Waals surface area contributed by atoms with E-state index in [-0.39, 0.29) is 10.8 Å². The van der Waals surface area contributed by atoms with E-state index in [1.165, 1.54) is 11.1 Å². The molecule has 4 aromatic rings. The Balaban J connectivity index is 1.87. The molecule has 4 heteroatoms. The molecule has 1 aromatic heterocycles. The van der Waals surface area contributed by atoms with Crippen LogP contribution >= 0.6 is 0 Å². The number of hydrogen-bond acceptors (Lipinski definition) is 3. The van der Waals surface area contributed by atoms with Gasteiger partial charge in [-0.05, 0) is 40.9 Å². The van der Waals surface area contributed by atoms with Crippen LogP contribution in [0.15, 0.2) is 66.7 Å². The molecule has 1 N–H and O–H groups in total. The quantitative estimate of drug-likeness (QED) is 0.327. The number of benzene rings is 3. The fourth-order valence-electron chi connectivity index (χ4n) is 5.45. The summed E-state index contributed by atoms with van der Waals surface area (Å²) in [6, 6.07) is 22.9. The maximum absolute atomic E-state index is 6.02. The fourth-order valence-corrected chi connectivity index (χ4v) is 5.45. The first kappa shape index (κ1) is 23.2. The highest BCUT2D eigenvalue weighted by Gasteiger charge is 2.42. The van der Waals surface area contributed by atoms with Gasteiger partial charge in [0.05, 0.1) is 31.2 Å². The zero-order chi connectivity index (χ0) is 24.8. The molecular weight excluding hydrogens is 432 g/mol. The molecule has 0 saturated heterocycles. The first-order valence-corrected chi connectivity index (χ1v) is 12.3. The molecule has 35 heavy (non-hydrogen) atoms. The van der Waals surface area contributed by atoms with Gasteiger partial charge in [-0.3, -0.25) is 0 Å². The summed E-state index contributed by atoms with van der Waals surface area (Å²) in [6.45, 7) is 9.30. The maximum Gasteiger partial charge on any atom is 0.171 e. The zero-order valence-corrected chi connectivity index (χ0v) is 21.5. The van der Waals surface area contributed by atoms with Crippen molar-refractivity contribution in [2.45, 2.75) is 51.4 Å². The third-order valence-electron chi connectivity index (χ3n) is 7.50. The summed E-state index contributed by atoms with van der Waals surface area (Å²) < 4.78 is 11.9. The van der Waals surface area contributed by atoms with Crippen molar-refractivity contribution in [3.8, 4) is 45.4 Å². The molecule has 1 heterocycles. The third-order valence-corrected chi connectivity index (χ3v) is 7.50. The Kier molecular flexibility index (Phi) is 5.71. The first-order valence-electron chi connectivity index (χ1n) is 12.3. The van der Waals surface area contributed by atoms with E-state index in [2.05, 4.69) is 87.3 Å². The van der Waals surface area contributed by atoms with Crippen LogP contribution in [0.2, 0.25) is 0 Å². The number of nitrogens with zero attached hydrogens (tertiary/aromatic N) is 1. The molecule has 0 amide bonds. The van der Waals surface area contributed by atoms with Gasteiger partial charge in [0.1, 0.15) is 5.82 Å². The second-order valence-corrected chi connectivity index (χ2v) is 10.7.